The number of hydrogen-bond donors (Lipinski definition) is 1. The highest BCUT2D eigenvalue weighted by Crippen LogP contribution is 2.24. The van der Waals surface area contributed by atoms with E-state index in [1.54, 1.807) is 0 Å². The van der Waals surface area contributed by atoms with Crippen LogP contribution >= 0.6 is 0 Å². The second-order valence-corrected chi connectivity index (χ2v) is 7.43. The van der Waals surface area contributed by atoms with E-state index in [-0.39, 0.29) is 0 Å². The number of hydrogen-bond acceptors (Lipinski definition) is 6. The Bertz CT molecular complexity index is 720. The van der Waals surface area contributed by atoms with Crippen LogP contribution in [0.3, 0.4) is 0 Å². The molecule has 0 radical (unpaired) electrons. The number of aliphatic hydroxyl groups is 1. The summed E-state index contributed by atoms with van der Waals surface area (Å²) < 4.78 is 5.86. The zero-order valence-electron chi connectivity index (χ0n) is 15.9. The molecular formula is C20H28N4O2. The molecule has 26 heavy (non-hydrogen) atoms. The van der Waals surface area contributed by atoms with Gasteiger partial charge in [-0.3, -0.25) is 4.90 Å². The number of nitrogens with zero attached hydrogens (tertiary/aromatic N) is 4. The van der Waals surface area contributed by atoms with Gasteiger partial charge in [-0.2, -0.15) is 0 Å². The van der Waals surface area contributed by atoms with Crippen molar-refractivity contribution in [3.8, 4) is 5.75 Å². The van der Waals surface area contributed by atoms with Crippen LogP contribution in [-0.4, -0.2) is 59.4 Å². The molecule has 1 saturated heterocycles. The van der Waals surface area contributed by atoms with Gasteiger partial charge in [-0.25, -0.2) is 9.97 Å². The number of piperidine rings is 1. The van der Waals surface area contributed by atoms with Crippen molar-refractivity contribution in [3.05, 3.63) is 47.8 Å². The summed E-state index contributed by atoms with van der Waals surface area (Å²) in [6, 6.07) is 7.93. The second kappa shape index (κ2) is 8.01. The largest absolute Gasteiger partial charge is 0.491 e. The summed E-state index contributed by atoms with van der Waals surface area (Å²) in [4.78, 5) is 12.9. The molecule has 0 aliphatic carbocycles. The van der Waals surface area contributed by atoms with Crippen molar-refractivity contribution in [2.45, 2.75) is 31.9 Å². The van der Waals surface area contributed by atoms with Gasteiger partial charge in [-0.15, -0.1) is 0 Å². The lowest BCUT2D eigenvalue weighted by atomic mass is 9.93. The molecule has 6 nitrogen and oxygen atoms in total. The van der Waals surface area contributed by atoms with Gasteiger partial charge in [0, 0.05) is 45.1 Å². The van der Waals surface area contributed by atoms with Crippen LogP contribution in [0.25, 0.3) is 0 Å². The molecular weight excluding hydrogens is 328 g/mol. The molecule has 1 aromatic carbocycles. The average Bonchev–Trinajstić information content (AvgIpc) is 2.61. The minimum Gasteiger partial charge on any atom is -0.491 e. The van der Waals surface area contributed by atoms with E-state index in [2.05, 4.69) is 14.9 Å². The lowest BCUT2D eigenvalue weighted by molar-refractivity contribution is -0.0621. The monoisotopic (exact) mass is 356 g/mol. The highest BCUT2D eigenvalue weighted by atomic mass is 16.5. The van der Waals surface area contributed by atoms with E-state index >= 15 is 0 Å². The third-order valence-corrected chi connectivity index (χ3v) is 4.63. The Morgan fingerprint density at radius 2 is 2.04 bits per heavy atom. The predicted octanol–water partition coefficient (Wildman–Crippen LogP) is 2.26. The van der Waals surface area contributed by atoms with E-state index in [4.69, 9.17) is 4.74 Å². The van der Waals surface area contributed by atoms with Crippen molar-refractivity contribution in [3.63, 3.8) is 0 Å². The summed E-state index contributed by atoms with van der Waals surface area (Å²) in [5.74, 6) is 1.51. The summed E-state index contributed by atoms with van der Waals surface area (Å²) in [6.45, 7) is 4.63. The van der Waals surface area contributed by atoms with Crippen LogP contribution < -0.4 is 9.64 Å². The van der Waals surface area contributed by atoms with Crippen molar-refractivity contribution in [2.75, 3.05) is 38.7 Å². The van der Waals surface area contributed by atoms with Gasteiger partial charge in [0.2, 0.25) is 5.95 Å². The quantitative estimate of drug-likeness (QED) is 0.857. The third-order valence-electron chi connectivity index (χ3n) is 4.63. The standard InChI is InChI=1S/C20H28N4O2/c1-16-6-4-7-18(10-16)26-15-20(25)8-5-9-24(14-20)13-17-11-21-19(22-12-17)23(2)3/h4,6-7,10-12,25H,5,8-9,13-15H2,1-3H3. The first-order valence-electron chi connectivity index (χ1n) is 9.06. The summed E-state index contributed by atoms with van der Waals surface area (Å²) >= 11 is 0. The minimum absolute atomic E-state index is 0.309. The van der Waals surface area contributed by atoms with Crippen molar-refractivity contribution in [1.82, 2.24) is 14.9 Å². The van der Waals surface area contributed by atoms with Crippen LogP contribution in [0.4, 0.5) is 5.95 Å². The van der Waals surface area contributed by atoms with Crippen LogP contribution in [0.15, 0.2) is 36.7 Å². The maximum atomic E-state index is 11.0. The van der Waals surface area contributed by atoms with Gasteiger partial charge < -0.3 is 14.7 Å². The van der Waals surface area contributed by atoms with E-state index in [9.17, 15) is 5.11 Å². The number of ether oxygens (including phenoxy) is 1. The summed E-state index contributed by atoms with van der Waals surface area (Å²) in [5.41, 5.74) is 1.38. The Morgan fingerprint density at radius 3 is 2.73 bits per heavy atom. The van der Waals surface area contributed by atoms with E-state index in [1.165, 1.54) is 0 Å². The number of likely N-dealkylation sites (tertiary alicyclic amines) is 1. The van der Waals surface area contributed by atoms with Gasteiger partial charge >= 0.3 is 0 Å². The molecule has 1 N–H and O–H groups in total. The van der Waals surface area contributed by atoms with Crippen LogP contribution in [-0.2, 0) is 6.54 Å². The van der Waals surface area contributed by atoms with Crippen LogP contribution in [0.2, 0.25) is 0 Å². The molecule has 1 unspecified atom stereocenters. The van der Waals surface area contributed by atoms with Crippen molar-refractivity contribution < 1.29 is 9.84 Å². The Hall–Kier alpha value is -2.18. The molecule has 1 aromatic heterocycles. The Balaban J connectivity index is 1.57. The van der Waals surface area contributed by atoms with E-state index in [0.29, 0.717) is 19.1 Å². The maximum Gasteiger partial charge on any atom is 0.224 e. The van der Waals surface area contributed by atoms with E-state index in [1.807, 2.05) is 62.6 Å². The summed E-state index contributed by atoms with van der Waals surface area (Å²) in [5, 5.41) is 11.0. The number of anilines is 1. The van der Waals surface area contributed by atoms with Gasteiger partial charge in [-0.1, -0.05) is 12.1 Å². The number of rotatable bonds is 6. The lowest BCUT2D eigenvalue weighted by Crippen LogP contribution is -2.51. The fraction of sp³-hybridized carbons (Fsp3) is 0.500. The number of aryl methyl sites for hydroxylation is 1. The Kier molecular flexibility index (Phi) is 5.74. The topological polar surface area (TPSA) is 61.7 Å². The molecule has 1 aliphatic rings. The van der Waals surface area contributed by atoms with Crippen molar-refractivity contribution >= 4 is 5.95 Å². The molecule has 2 aromatic rings. The number of aromatic nitrogens is 2. The molecule has 0 saturated carbocycles. The van der Waals surface area contributed by atoms with Crippen molar-refractivity contribution in [1.29, 1.82) is 0 Å². The molecule has 6 heteroatoms. The average molecular weight is 356 g/mol. The van der Waals surface area contributed by atoms with Crippen molar-refractivity contribution in [2.24, 2.45) is 0 Å². The zero-order chi connectivity index (χ0) is 18.6. The molecule has 0 bridgehead atoms. The lowest BCUT2D eigenvalue weighted by Gasteiger charge is -2.38. The predicted molar refractivity (Wildman–Crippen MR) is 102 cm³/mol. The zero-order valence-corrected chi connectivity index (χ0v) is 15.9. The number of β-amino-alcohol motifs (C(OH)–C–C–N with tert-alkyl or cyclic N) is 1. The number of benzene rings is 1. The Morgan fingerprint density at radius 1 is 1.27 bits per heavy atom. The second-order valence-electron chi connectivity index (χ2n) is 7.43. The van der Waals surface area contributed by atoms with E-state index < -0.39 is 5.60 Å². The molecule has 2 heterocycles. The molecule has 3 rings (SSSR count). The molecule has 140 valence electrons. The normalized spacial score (nSPS) is 20.8. The molecule has 1 aliphatic heterocycles. The SMILES string of the molecule is Cc1cccc(OCC2(O)CCCN(Cc3cnc(N(C)C)nc3)C2)c1. The third kappa shape index (κ3) is 4.93. The summed E-state index contributed by atoms with van der Waals surface area (Å²) in [6.07, 6.45) is 5.42. The van der Waals surface area contributed by atoms with Crippen LogP contribution in [0, 0.1) is 6.92 Å². The maximum absolute atomic E-state index is 11.0. The van der Waals surface area contributed by atoms with Gasteiger partial charge in [-0.05, 0) is 44.0 Å². The first-order valence-corrected chi connectivity index (χ1v) is 9.06. The van der Waals surface area contributed by atoms with Gasteiger partial charge in [0.1, 0.15) is 18.0 Å². The molecule has 1 fully saturated rings. The smallest absolute Gasteiger partial charge is 0.224 e. The first-order chi connectivity index (χ1) is 12.4. The minimum atomic E-state index is -0.827. The highest BCUT2D eigenvalue weighted by Gasteiger charge is 2.34. The highest BCUT2D eigenvalue weighted by molar-refractivity contribution is 5.28. The van der Waals surface area contributed by atoms with E-state index in [0.717, 1.165) is 42.8 Å². The summed E-state index contributed by atoms with van der Waals surface area (Å²) in [7, 11) is 3.85. The molecule has 0 spiro atoms. The van der Waals surface area contributed by atoms with Gasteiger partial charge in [0.25, 0.3) is 0 Å². The fourth-order valence-corrected chi connectivity index (χ4v) is 3.30. The molecule has 0 amide bonds. The van der Waals surface area contributed by atoms with Gasteiger partial charge in [0.15, 0.2) is 0 Å². The first kappa shape index (κ1) is 18.6. The fourth-order valence-electron chi connectivity index (χ4n) is 3.30. The van der Waals surface area contributed by atoms with Crippen LogP contribution in [0.5, 0.6) is 5.75 Å². The molecule has 1 atom stereocenters. The van der Waals surface area contributed by atoms with Gasteiger partial charge in [0.05, 0.1) is 0 Å². The van der Waals surface area contributed by atoms with Crippen LogP contribution in [0.1, 0.15) is 24.0 Å². The Labute approximate surface area is 155 Å².